The van der Waals surface area contributed by atoms with Gasteiger partial charge in [-0.05, 0) is 18.8 Å². The maximum atomic E-state index is 10.0. The molecule has 0 heterocycles. The Kier molecular flexibility index (Phi) is 21.4. The van der Waals surface area contributed by atoms with E-state index in [2.05, 4.69) is 6.92 Å². The minimum Gasteiger partial charge on any atom is -0.550 e. The van der Waals surface area contributed by atoms with Gasteiger partial charge < -0.3 is 20.7 Å². The number of carboxylic acids is 2. The van der Waals surface area contributed by atoms with Crippen LogP contribution in [0.1, 0.15) is 59.3 Å². The first-order valence-corrected chi connectivity index (χ1v) is 6.51. The smallest absolute Gasteiger partial charge is 0.550 e. The minimum absolute atomic E-state index is 0. The predicted octanol–water partition coefficient (Wildman–Crippen LogP) is -1.84. The van der Waals surface area contributed by atoms with Gasteiger partial charge in [-0.2, -0.15) is 0 Å². The van der Waals surface area contributed by atoms with Gasteiger partial charge in [0.15, 0.2) is 0 Å². The average molecular weight is 299 g/mol. The molecule has 0 aliphatic rings. The first-order valence-electron chi connectivity index (χ1n) is 6.51. The SMILES string of the molecule is CC(C)C(N)C(=O)O.CCCCCCCC(=O)[O-].[K+]. The van der Waals surface area contributed by atoms with Gasteiger partial charge in [-0.3, -0.25) is 4.79 Å². The quantitative estimate of drug-likeness (QED) is 0.405. The van der Waals surface area contributed by atoms with Crippen LogP contribution >= 0.6 is 0 Å². The molecular weight excluding hydrogens is 273 g/mol. The molecule has 0 amide bonds. The summed E-state index contributed by atoms with van der Waals surface area (Å²) in [5.74, 6) is -1.83. The Morgan fingerprint density at radius 3 is 1.89 bits per heavy atom. The first-order chi connectivity index (χ1) is 8.32. The number of carbonyl (C=O) groups is 2. The van der Waals surface area contributed by atoms with Gasteiger partial charge in [-0.1, -0.05) is 46.5 Å². The van der Waals surface area contributed by atoms with Crippen LogP contribution in [0.25, 0.3) is 0 Å². The van der Waals surface area contributed by atoms with Crippen molar-refractivity contribution < 1.29 is 71.2 Å². The topological polar surface area (TPSA) is 103 Å². The molecule has 0 aliphatic carbocycles. The number of hydrogen-bond donors (Lipinski definition) is 2. The molecule has 6 heteroatoms. The van der Waals surface area contributed by atoms with Gasteiger partial charge in [0.1, 0.15) is 6.04 Å². The fourth-order valence-electron chi connectivity index (χ4n) is 1.16. The van der Waals surface area contributed by atoms with E-state index in [4.69, 9.17) is 10.8 Å². The molecule has 1 atom stereocenters. The minimum atomic E-state index is -0.931. The molecule has 0 aromatic carbocycles. The third-order valence-electron chi connectivity index (χ3n) is 2.49. The van der Waals surface area contributed by atoms with Crippen molar-refractivity contribution in [2.45, 2.75) is 65.3 Å². The molecular formula is C13H26KNO4. The van der Waals surface area contributed by atoms with E-state index in [1.807, 2.05) is 0 Å². The van der Waals surface area contributed by atoms with Gasteiger partial charge in [-0.15, -0.1) is 0 Å². The Labute approximate surface area is 158 Å². The molecule has 108 valence electrons. The second-order valence-corrected chi connectivity index (χ2v) is 4.64. The first kappa shape index (κ1) is 24.5. The van der Waals surface area contributed by atoms with E-state index >= 15 is 0 Å². The van der Waals surface area contributed by atoms with Crippen molar-refractivity contribution in [1.82, 2.24) is 0 Å². The van der Waals surface area contributed by atoms with Crippen LogP contribution in [0.4, 0.5) is 0 Å². The molecule has 0 saturated heterocycles. The van der Waals surface area contributed by atoms with Crippen molar-refractivity contribution >= 4 is 11.9 Å². The molecule has 0 aromatic heterocycles. The number of carboxylic acid groups (broad SMARTS) is 2. The van der Waals surface area contributed by atoms with Crippen molar-refractivity contribution in [3.8, 4) is 0 Å². The number of rotatable bonds is 8. The Bertz CT molecular complexity index is 235. The zero-order chi connectivity index (χ0) is 14.6. The van der Waals surface area contributed by atoms with Crippen molar-refractivity contribution in [2.75, 3.05) is 0 Å². The van der Waals surface area contributed by atoms with Crippen LogP contribution in [0.3, 0.4) is 0 Å². The van der Waals surface area contributed by atoms with Crippen molar-refractivity contribution in [3.05, 3.63) is 0 Å². The third-order valence-corrected chi connectivity index (χ3v) is 2.49. The summed E-state index contributed by atoms with van der Waals surface area (Å²) < 4.78 is 0. The van der Waals surface area contributed by atoms with E-state index in [-0.39, 0.29) is 63.7 Å². The molecule has 19 heavy (non-hydrogen) atoms. The van der Waals surface area contributed by atoms with Crippen molar-refractivity contribution in [1.29, 1.82) is 0 Å². The van der Waals surface area contributed by atoms with Crippen molar-refractivity contribution in [3.63, 3.8) is 0 Å². The number of carbonyl (C=O) groups excluding carboxylic acids is 1. The van der Waals surface area contributed by atoms with Crippen LogP contribution in [-0.2, 0) is 9.59 Å². The average Bonchev–Trinajstić information content (AvgIpc) is 2.28. The maximum absolute atomic E-state index is 10.0. The summed E-state index contributed by atoms with van der Waals surface area (Å²) >= 11 is 0. The molecule has 0 radical (unpaired) electrons. The van der Waals surface area contributed by atoms with Crippen LogP contribution < -0.4 is 62.2 Å². The fourth-order valence-corrected chi connectivity index (χ4v) is 1.16. The predicted molar refractivity (Wildman–Crippen MR) is 68.8 cm³/mol. The third kappa shape index (κ3) is 21.0. The Hall–Kier alpha value is 0.536. The van der Waals surface area contributed by atoms with E-state index in [0.29, 0.717) is 0 Å². The van der Waals surface area contributed by atoms with E-state index in [1.54, 1.807) is 13.8 Å². The summed E-state index contributed by atoms with van der Waals surface area (Å²) in [5.41, 5.74) is 5.16. The molecule has 0 aliphatic heterocycles. The van der Waals surface area contributed by atoms with Crippen LogP contribution in [0.5, 0.6) is 0 Å². The molecule has 0 spiro atoms. The summed E-state index contributed by atoms with van der Waals surface area (Å²) in [5, 5.41) is 18.1. The van der Waals surface area contributed by atoms with Crippen molar-refractivity contribution in [2.24, 2.45) is 11.7 Å². The van der Waals surface area contributed by atoms with E-state index in [9.17, 15) is 14.7 Å². The summed E-state index contributed by atoms with van der Waals surface area (Å²) in [6.45, 7) is 5.69. The van der Waals surface area contributed by atoms with E-state index < -0.39 is 18.0 Å². The second kappa shape index (κ2) is 16.6. The molecule has 3 N–H and O–H groups in total. The zero-order valence-corrected chi connectivity index (χ0v) is 15.8. The Balaban J connectivity index is -0.000000262. The normalized spacial score (nSPS) is 11.0. The van der Waals surface area contributed by atoms with Gasteiger partial charge in [0, 0.05) is 5.97 Å². The second-order valence-electron chi connectivity index (χ2n) is 4.64. The van der Waals surface area contributed by atoms with Crippen LogP contribution in [0.2, 0.25) is 0 Å². The summed E-state index contributed by atoms with van der Waals surface area (Å²) in [6, 6.07) is -0.713. The van der Waals surface area contributed by atoms with Crippen LogP contribution in [0, 0.1) is 5.92 Å². The monoisotopic (exact) mass is 299 g/mol. The van der Waals surface area contributed by atoms with Gasteiger partial charge in [0.05, 0.1) is 0 Å². The summed E-state index contributed by atoms with van der Waals surface area (Å²) in [6.07, 6.45) is 5.61. The van der Waals surface area contributed by atoms with Crippen LogP contribution in [0.15, 0.2) is 0 Å². The Morgan fingerprint density at radius 1 is 1.16 bits per heavy atom. The zero-order valence-electron chi connectivity index (χ0n) is 12.6. The van der Waals surface area contributed by atoms with E-state index in [0.717, 1.165) is 19.3 Å². The van der Waals surface area contributed by atoms with Crippen LogP contribution in [-0.4, -0.2) is 23.1 Å². The summed E-state index contributed by atoms with van der Waals surface area (Å²) in [4.78, 5) is 19.9. The molecule has 0 saturated carbocycles. The molecule has 0 bridgehead atoms. The maximum Gasteiger partial charge on any atom is 1.00 e. The fraction of sp³-hybridized carbons (Fsp3) is 0.846. The molecule has 0 fully saturated rings. The largest absolute Gasteiger partial charge is 1.00 e. The van der Waals surface area contributed by atoms with Gasteiger partial charge in [0.25, 0.3) is 0 Å². The number of aliphatic carboxylic acids is 2. The number of hydrogen-bond acceptors (Lipinski definition) is 4. The van der Waals surface area contributed by atoms with Gasteiger partial charge in [0.2, 0.25) is 0 Å². The van der Waals surface area contributed by atoms with Gasteiger partial charge >= 0.3 is 57.4 Å². The Morgan fingerprint density at radius 2 is 1.63 bits per heavy atom. The van der Waals surface area contributed by atoms with Gasteiger partial charge in [-0.25, -0.2) is 0 Å². The number of nitrogens with two attached hydrogens (primary N) is 1. The molecule has 1 unspecified atom stereocenters. The molecule has 5 nitrogen and oxygen atoms in total. The molecule has 0 rings (SSSR count). The molecule has 0 aromatic rings. The summed E-state index contributed by atoms with van der Waals surface area (Å²) in [7, 11) is 0. The van der Waals surface area contributed by atoms with E-state index in [1.165, 1.54) is 12.8 Å². The number of unbranched alkanes of at least 4 members (excludes halogenated alkanes) is 4. The standard InChI is InChI=1S/C8H16O2.C5H11NO2.K/c1-2-3-4-5-6-7-8(9)10;1-3(2)4(6)5(7)8;/h2-7H2,1H3,(H,9,10);3-4H,6H2,1-2H3,(H,7,8);/q;;+1/p-1.